The van der Waals surface area contributed by atoms with Gasteiger partial charge in [-0.3, -0.25) is 10.1 Å². The smallest absolute Gasteiger partial charge is 0.160 e. The highest BCUT2D eigenvalue weighted by Gasteiger charge is 2.08. The number of aromatic nitrogens is 2. The minimum Gasteiger partial charge on any atom is -0.394 e. The summed E-state index contributed by atoms with van der Waals surface area (Å²) in [5.74, 6) is 0. The summed E-state index contributed by atoms with van der Waals surface area (Å²) in [6.45, 7) is 0.398. The number of aliphatic hydroxyl groups excluding tert-OH is 1. The number of thioether (sulfide) groups is 1. The number of aromatic amines is 1. The van der Waals surface area contributed by atoms with Crippen molar-refractivity contribution < 1.29 is 5.11 Å². The number of amidine groups is 1. The van der Waals surface area contributed by atoms with Crippen LogP contribution < -0.4 is 5.32 Å². The predicted octanol–water partition coefficient (Wildman–Crippen LogP) is 2.34. The summed E-state index contributed by atoms with van der Waals surface area (Å²) in [4.78, 5) is 4.20. The summed E-state index contributed by atoms with van der Waals surface area (Å²) in [5, 5.41) is 20.9. The molecular formula is C11H13ClN4OS. The Kier molecular flexibility index (Phi) is 4.46. The van der Waals surface area contributed by atoms with Gasteiger partial charge in [0.25, 0.3) is 0 Å². The number of aliphatic hydroxyl groups is 1. The molecule has 0 unspecified atom stereocenters. The zero-order valence-electron chi connectivity index (χ0n) is 9.77. The first kappa shape index (κ1) is 13.2. The van der Waals surface area contributed by atoms with Crippen LogP contribution in [0, 0.1) is 0 Å². The normalized spacial score (nSPS) is 12.1. The van der Waals surface area contributed by atoms with Gasteiger partial charge in [-0.2, -0.15) is 5.10 Å². The zero-order valence-corrected chi connectivity index (χ0v) is 11.3. The van der Waals surface area contributed by atoms with Crippen LogP contribution in [0.3, 0.4) is 0 Å². The maximum Gasteiger partial charge on any atom is 0.160 e. The molecule has 0 radical (unpaired) electrons. The number of hydrogen-bond acceptors (Lipinski definition) is 4. The Labute approximate surface area is 114 Å². The molecule has 2 aromatic rings. The average Bonchev–Trinajstić information content (AvgIpc) is 2.86. The van der Waals surface area contributed by atoms with E-state index < -0.39 is 0 Å². The molecule has 1 heterocycles. The minimum atomic E-state index is 0.0280. The van der Waals surface area contributed by atoms with Crippen molar-refractivity contribution in [1.82, 2.24) is 10.2 Å². The second-order valence-corrected chi connectivity index (χ2v) is 4.67. The van der Waals surface area contributed by atoms with Gasteiger partial charge in [0.05, 0.1) is 35.6 Å². The van der Waals surface area contributed by atoms with Crippen LogP contribution >= 0.6 is 23.4 Å². The van der Waals surface area contributed by atoms with E-state index in [-0.39, 0.29) is 6.61 Å². The number of anilines is 1. The van der Waals surface area contributed by atoms with Crippen molar-refractivity contribution >= 4 is 45.1 Å². The van der Waals surface area contributed by atoms with Crippen LogP contribution in [-0.2, 0) is 0 Å². The van der Waals surface area contributed by atoms with E-state index in [1.165, 1.54) is 11.8 Å². The van der Waals surface area contributed by atoms with E-state index in [1.807, 2.05) is 18.4 Å². The minimum absolute atomic E-state index is 0.0280. The van der Waals surface area contributed by atoms with E-state index in [4.69, 9.17) is 16.7 Å². The lowest BCUT2D eigenvalue weighted by atomic mass is 10.2. The van der Waals surface area contributed by atoms with Crippen LogP contribution in [0.5, 0.6) is 0 Å². The number of halogens is 1. The van der Waals surface area contributed by atoms with Gasteiger partial charge in [-0.15, -0.1) is 0 Å². The molecule has 3 N–H and O–H groups in total. The number of H-pyrrole nitrogens is 1. The quantitative estimate of drug-likeness (QED) is 0.597. The lowest BCUT2D eigenvalue weighted by Gasteiger charge is -2.09. The first-order valence-electron chi connectivity index (χ1n) is 5.34. The van der Waals surface area contributed by atoms with Gasteiger partial charge >= 0.3 is 0 Å². The van der Waals surface area contributed by atoms with Gasteiger partial charge in [0, 0.05) is 5.39 Å². The van der Waals surface area contributed by atoms with Crippen molar-refractivity contribution in [1.29, 1.82) is 0 Å². The molecule has 0 fully saturated rings. The molecule has 0 saturated heterocycles. The Bertz CT molecular complexity index is 569. The number of hydrogen-bond donors (Lipinski definition) is 3. The Morgan fingerprint density at radius 1 is 1.61 bits per heavy atom. The SMILES string of the molecule is CSC(=NCCO)Nc1ccc2[nH]ncc2c1Cl. The molecule has 0 aliphatic heterocycles. The standard InChI is InChI=1S/C11H13ClN4OS/c1-18-11(13-4-5-17)15-9-3-2-8-7(10(9)12)6-14-16-8/h2-3,6,17H,4-5H2,1H3,(H,13,15)(H,14,16). The monoisotopic (exact) mass is 284 g/mol. The number of benzene rings is 1. The molecule has 1 aromatic carbocycles. The molecule has 0 aliphatic carbocycles. The second kappa shape index (κ2) is 6.08. The van der Waals surface area contributed by atoms with Crippen LogP contribution in [0.4, 0.5) is 5.69 Å². The third-order valence-corrected chi connectivity index (χ3v) is 3.37. The largest absolute Gasteiger partial charge is 0.394 e. The lowest BCUT2D eigenvalue weighted by Crippen LogP contribution is -2.09. The molecule has 5 nitrogen and oxygen atoms in total. The van der Waals surface area contributed by atoms with Gasteiger partial charge in [0.2, 0.25) is 0 Å². The fourth-order valence-electron chi connectivity index (χ4n) is 1.50. The Balaban J connectivity index is 2.27. The molecule has 1 aromatic heterocycles. The van der Waals surface area contributed by atoms with Gasteiger partial charge in [-0.25, -0.2) is 0 Å². The summed E-state index contributed by atoms with van der Waals surface area (Å²) in [6, 6.07) is 3.77. The van der Waals surface area contributed by atoms with Crippen molar-refractivity contribution in [3.63, 3.8) is 0 Å². The van der Waals surface area contributed by atoms with Gasteiger partial charge in [-0.05, 0) is 18.4 Å². The van der Waals surface area contributed by atoms with Crippen LogP contribution in [0.1, 0.15) is 0 Å². The lowest BCUT2D eigenvalue weighted by molar-refractivity contribution is 0.307. The first-order chi connectivity index (χ1) is 8.76. The summed E-state index contributed by atoms with van der Waals surface area (Å²) in [6.07, 6.45) is 3.60. The fraction of sp³-hybridized carbons (Fsp3) is 0.273. The number of nitrogens with one attached hydrogen (secondary N) is 2. The zero-order chi connectivity index (χ0) is 13.0. The maximum atomic E-state index is 8.76. The van der Waals surface area contributed by atoms with Crippen molar-refractivity contribution in [2.24, 2.45) is 4.99 Å². The number of rotatable bonds is 3. The molecule has 0 atom stereocenters. The highest BCUT2D eigenvalue weighted by molar-refractivity contribution is 8.13. The Hall–Kier alpha value is -1.24. The van der Waals surface area contributed by atoms with E-state index >= 15 is 0 Å². The molecule has 0 spiro atoms. The summed E-state index contributed by atoms with van der Waals surface area (Å²) >= 11 is 7.75. The summed E-state index contributed by atoms with van der Waals surface area (Å²) in [5.41, 5.74) is 1.67. The molecule has 18 heavy (non-hydrogen) atoms. The van der Waals surface area contributed by atoms with Gasteiger partial charge in [-0.1, -0.05) is 23.4 Å². The first-order valence-corrected chi connectivity index (χ1v) is 6.94. The molecule has 0 saturated carbocycles. The molecule has 0 aliphatic rings. The second-order valence-electron chi connectivity index (χ2n) is 3.50. The topological polar surface area (TPSA) is 73.3 Å². The number of fused-ring (bicyclic) bond motifs is 1. The fourth-order valence-corrected chi connectivity index (χ4v) is 2.19. The van der Waals surface area contributed by atoms with Gasteiger partial charge in [0.15, 0.2) is 5.17 Å². The van der Waals surface area contributed by atoms with Crippen LogP contribution in [0.25, 0.3) is 10.9 Å². The third-order valence-electron chi connectivity index (χ3n) is 2.35. The Morgan fingerprint density at radius 2 is 2.44 bits per heavy atom. The van der Waals surface area contributed by atoms with Crippen LogP contribution in [0.15, 0.2) is 23.3 Å². The van der Waals surface area contributed by atoms with Crippen LogP contribution in [-0.4, -0.2) is 39.9 Å². The molecule has 0 amide bonds. The van der Waals surface area contributed by atoms with Crippen molar-refractivity contribution in [2.75, 3.05) is 24.7 Å². The number of aliphatic imine (C=N–C) groups is 1. The van der Waals surface area contributed by atoms with E-state index in [2.05, 4.69) is 20.5 Å². The maximum absolute atomic E-state index is 8.76. The molecule has 0 bridgehead atoms. The molecule has 96 valence electrons. The van der Waals surface area contributed by atoms with E-state index in [0.29, 0.717) is 16.7 Å². The van der Waals surface area contributed by atoms with E-state index in [9.17, 15) is 0 Å². The van der Waals surface area contributed by atoms with Crippen LogP contribution in [0.2, 0.25) is 5.02 Å². The van der Waals surface area contributed by atoms with E-state index in [0.717, 1.165) is 16.6 Å². The van der Waals surface area contributed by atoms with Gasteiger partial charge in [0.1, 0.15) is 0 Å². The third kappa shape index (κ3) is 2.77. The van der Waals surface area contributed by atoms with Gasteiger partial charge < -0.3 is 10.4 Å². The van der Waals surface area contributed by atoms with Crippen molar-refractivity contribution in [3.05, 3.63) is 23.4 Å². The molecular weight excluding hydrogens is 272 g/mol. The average molecular weight is 285 g/mol. The summed E-state index contributed by atoms with van der Waals surface area (Å²) in [7, 11) is 0. The molecule has 7 heteroatoms. The highest BCUT2D eigenvalue weighted by Crippen LogP contribution is 2.30. The number of nitrogens with zero attached hydrogens (tertiary/aromatic N) is 2. The predicted molar refractivity (Wildman–Crippen MR) is 77.6 cm³/mol. The summed E-state index contributed by atoms with van der Waals surface area (Å²) < 4.78 is 0. The van der Waals surface area contributed by atoms with E-state index in [1.54, 1.807) is 6.20 Å². The van der Waals surface area contributed by atoms with Crippen molar-refractivity contribution in [3.8, 4) is 0 Å². The van der Waals surface area contributed by atoms with Crippen molar-refractivity contribution in [2.45, 2.75) is 0 Å². The Morgan fingerprint density at radius 3 is 3.17 bits per heavy atom. The molecule has 2 rings (SSSR count). The highest BCUT2D eigenvalue weighted by atomic mass is 35.5.